The van der Waals surface area contributed by atoms with Crippen LogP contribution in [0.2, 0.25) is 5.02 Å². The molecule has 0 unspecified atom stereocenters. The number of hydrogen-bond donors (Lipinski definition) is 3. The molecule has 112 valence electrons. The Hall–Kier alpha value is -1.73. The Bertz CT molecular complexity index is 631. The van der Waals surface area contributed by atoms with Gasteiger partial charge >= 0.3 is 0 Å². The molecule has 1 amide bonds. The molecular weight excluding hydrogens is 310 g/mol. The van der Waals surface area contributed by atoms with Crippen molar-refractivity contribution in [3.8, 4) is 0 Å². The number of nitrogens with one attached hydrogen (secondary N) is 2. The summed E-state index contributed by atoms with van der Waals surface area (Å²) in [4.78, 5) is 16.0. The summed E-state index contributed by atoms with van der Waals surface area (Å²) >= 11 is 7.39. The molecule has 0 atom stereocenters. The van der Waals surface area contributed by atoms with Crippen molar-refractivity contribution in [1.29, 1.82) is 0 Å². The highest BCUT2D eigenvalue weighted by Crippen LogP contribution is 2.23. The number of halogens is 1. The van der Waals surface area contributed by atoms with Gasteiger partial charge in [0.05, 0.1) is 11.4 Å². The summed E-state index contributed by atoms with van der Waals surface area (Å²) < 4.78 is 0. The average Bonchev–Trinajstić information content (AvgIpc) is 2.85. The molecule has 4 N–H and O–H groups in total. The molecule has 0 radical (unpaired) electrons. The first kappa shape index (κ1) is 15.7. The molecule has 0 saturated heterocycles. The maximum Gasteiger partial charge on any atom is 0.224 e. The minimum absolute atomic E-state index is 0.0873. The Morgan fingerprint density at radius 2 is 2.33 bits per heavy atom. The molecule has 1 aromatic heterocycles. The average molecular weight is 326 g/mol. The number of benzene rings is 1. The molecule has 0 aliphatic heterocycles. The Labute approximate surface area is 131 Å². The quantitative estimate of drug-likeness (QED) is 0.431. The van der Waals surface area contributed by atoms with Crippen LogP contribution in [0.15, 0.2) is 23.4 Å². The Balaban J connectivity index is 1.73. The fourth-order valence-electron chi connectivity index (χ4n) is 1.63. The molecule has 2 aromatic rings. The van der Waals surface area contributed by atoms with Gasteiger partial charge < -0.3 is 11.1 Å². The van der Waals surface area contributed by atoms with E-state index in [9.17, 15) is 4.79 Å². The first-order chi connectivity index (χ1) is 10.0. The number of H-pyrrole nitrogens is 1. The number of hydrogen-bond acceptors (Lipinski definition) is 5. The second-order valence-electron chi connectivity index (χ2n) is 4.44. The van der Waals surface area contributed by atoms with Gasteiger partial charge in [-0.1, -0.05) is 23.4 Å². The number of carbonyl (C=O) groups is 1. The molecule has 0 aliphatic rings. The third-order valence-corrected chi connectivity index (χ3v) is 3.81. The molecule has 0 fully saturated rings. The van der Waals surface area contributed by atoms with Crippen LogP contribution in [-0.2, 0) is 4.79 Å². The van der Waals surface area contributed by atoms with Crippen molar-refractivity contribution in [2.75, 3.05) is 16.8 Å². The van der Waals surface area contributed by atoms with Gasteiger partial charge in [0.15, 0.2) is 0 Å². The second kappa shape index (κ2) is 7.33. The Kier molecular flexibility index (Phi) is 5.46. The minimum atomic E-state index is -0.0873. The lowest BCUT2D eigenvalue weighted by Gasteiger charge is -2.08. The van der Waals surface area contributed by atoms with E-state index >= 15 is 0 Å². The summed E-state index contributed by atoms with van der Waals surface area (Å²) in [6.45, 7) is 1.85. The lowest BCUT2D eigenvalue weighted by Crippen LogP contribution is -2.12. The van der Waals surface area contributed by atoms with Crippen LogP contribution in [0.4, 0.5) is 11.4 Å². The SMILES string of the molecule is Cc1nc(SCCCC(=O)Nc2cc(Cl)ccc2N)n[nH]1. The summed E-state index contributed by atoms with van der Waals surface area (Å²) in [5.74, 6) is 1.47. The standard InChI is InChI=1S/C13H16ClN5OS/c1-8-16-13(19-18-8)21-6-2-3-12(20)17-11-7-9(14)4-5-10(11)15/h4-5,7H,2-3,6,15H2,1H3,(H,17,20)(H,16,18,19). The van der Waals surface area contributed by atoms with E-state index in [1.165, 1.54) is 11.8 Å². The molecule has 21 heavy (non-hydrogen) atoms. The zero-order chi connectivity index (χ0) is 15.2. The predicted octanol–water partition coefficient (Wildman–Crippen LogP) is 2.86. The van der Waals surface area contributed by atoms with E-state index in [1.54, 1.807) is 18.2 Å². The van der Waals surface area contributed by atoms with Crippen LogP contribution in [0, 0.1) is 6.92 Å². The number of rotatable bonds is 6. The largest absolute Gasteiger partial charge is 0.397 e. The van der Waals surface area contributed by atoms with Crippen molar-refractivity contribution in [3.05, 3.63) is 29.0 Å². The number of aryl methyl sites for hydroxylation is 1. The summed E-state index contributed by atoms with van der Waals surface area (Å²) in [5, 5.41) is 10.8. The normalized spacial score (nSPS) is 10.6. The molecule has 0 bridgehead atoms. The number of aromatic amines is 1. The third kappa shape index (κ3) is 4.95. The van der Waals surface area contributed by atoms with Gasteiger partial charge in [-0.3, -0.25) is 9.89 Å². The summed E-state index contributed by atoms with van der Waals surface area (Å²) in [6, 6.07) is 4.99. The van der Waals surface area contributed by atoms with Crippen LogP contribution in [-0.4, -0.2) is 26.8 Å². The van der Waals surface area contributed by atoms with Crippen LogP contribution in [0.25, 0.3) is 0 Å². The predicted molar refractivity (Wildman–Crippen MR) is 85.6 cm³/mol. The molecule has 6 nitrogen and oxygen atoms in total. The van der Waals surface area contributed by atoms with E-state index in [1.807, 2.05) is 6.92 Å². The van der Waals surface area contributed by atoms with Crippen molar-refractivity contribution < 1.29 is 4.79 Å². The number of nitrogens with two attached hydrogens (primary N) is 1. The van der Waals surface area contributed by atoms with E-state index in [0.29, 0.717) is 28.0 Å². The highest BCUT2D eigenvalue weighted by atomic mass is 35.5. The maximum absolute atomic E-state index is 11.8. The molecule has 8 heteroatoms. The summed E-state index contributed by atoms with van der Waals surface area (Å²) in [6.07, 6.45) is 1.13. The van der Waals surface area contributed by atoms with Gasteiger partial charge in [-0.05, 0) is 31.5 Å². The number of thioether (sulfide) groups is 1. The van der Waals surface area contributed by atoms with Gasteiger partial charge in [-0.15, -0.1) is 5.10 Å². The van der Waals surface area contributed by atoms with Crippen molar-refractivity contribution in [2.24, 2.45) is 0 Å². The van der Waals surface area contributed by atoms with E-state index in [4.69, 9.17) is 17.3 Å². The zero-order valence-electron chi connectivity index (χ0n) is 11.5. The van der Waals surface area contributed by atoms with Gasteiger partial charge in [0.2, 0.25) is 11.1 Å². The molecule has 1 aromatic carbocycles. The fraction of sp³-hybridized carbons (Fsp3) is 0.308. The molecule has 0 spiro atoms. The summed E-state index contributed by atoms with van der Waals surface area (Å²) in [5.41, 5.74) is 6.82. The van der Waals surface area contributed by atoms with Crippen LogP contribution in [0.3, 0.4) is 0 Å². The molecule has 0 saturated carbocycles. The Morgan fingerprint density at radius 3 is 3.05 bits per heavy atom. The van der Waals surface area contributed by atoms with Crippen molar-refractivity contribution >= 4 is 40.6 Å². The van der Waals surface area contributed by atoms with E-state index in [2.05, 4.69) is 20.5 Å². The smallest absolute Gasteiger partial charge is 0.224 e. The monoisotopic (exact) mass is 325 g/mol. The zero-order valence-corrected chi connectivity index (χ0v) is 13.1. The number of nitrogens with zero attached hydrogens (tertiary/aromatic N) is 2. The van der Waals surface area contributed by atoms with Crippen LogP contribution < -0.4 is 11.1 Å². The minimum Gasteiger partial charge on any atom is -0.397 e. The highest BCUT2D eigenvalue weighted by molar-refractivity contribution is 7.99. The first-order valence-electron chi connectivity index (χ1n) is 6.41. The topological polar surface area (TPSA) is 96.7 Å². The summed E-state index contributed by atoms with van der Waals surface area (Å²) in [7, 11) is 0. The van der Waals surface area contributed by atoms with Crippen LogP contribution in [0.1, 0.15) is 18.7 Å². The van der Waals surface area contributed by atoms with E-state index in [-0.39, 0.29) is 5.91 Å². The molecule has 1 heterocycles. The van der Waals surface area contributed by atoms with Gasteiger partial charge in [0, 0.05) is 17.2 Å². The molecule has 2 rings (SSSR count). The van der Waals surface area contributed by atoms with E-state index < -0.39 is 0 Å². The Morgan fingerprint density at radius 1 is 1.52 bits per heavy atom. The number of nitrogen functional groups attached to an aromatic ring is 1. The highest BCUT2D eigenvalue weighted by Gasteiger charge is 2.07. The van der Waals surface area contributed by atoms with Gasteiger partial charge in [-0.2, -0.15) is 0 Å². The third-order valence-electron chi connectivity index (χ3n) is 2.65. The van der Waals surface area contributed by atoms with Gasteiger partial charge in [0.25, 0.3) is 0 Å². The van der Waals surface area contributed by atoms with Crippen molar-refractivity contribution in [2.45, 2.75) is 24.9 Å². The van der Waals surface area contributed by atoms with Crippen LogP contribution >= 0.6 is 23.4 Å². The number of amides is 1. The fourth-order valence-corrected chi connectivity index (χ4v) is 2.59. The lowest BCUT2D eigenvalue weighted by molar-refractivity contribution is -0.116. The second-order valence-corrected chi connectivity index (χ2v) is 5.93. The number of carbonyl (C=O) groups excluding carboxylic acids is 1. The maximum atomic E-state index is 11.8. The first-order valence-corrected chi connectivity index (χ1v) is 7.77. The number of anilines is 2. The van der Waals surface area contributed by atoms with Gasteiger partial charge in [0.1, 0.15) is 5.82 Å². The van der Waals surface area contributed by atoms with E-state index in [0.717, 1.165) is 18.0 Å². The lowest BCUT2D eigenvalue weighted by atomic mass is 10.2. The van der Waals surface area contributed by atoms with Crippen LogP contribution in [0.5, 0.6) is 0 Å². The molecular formula is C13H16ClN5OS. The van der Waals surface area contributed by atoms with Crippen molar-refractivity contribution in [1.82, 2.24) is 15.2 Å². The number of aromatic nitrogens is 3. The molecule has 0 aliphatic carbocycles. The van der Waals surface area contributed by atoms with Gasteiger partial charge in [-0.25, -0.2) is 4.98 Å². The van der Waals surface area contributed by atoms with Crippen molar-refractivity contribution in [3.63, 3.8) is 0 Å².